The van der Waals surface area contributed by atoms with Crippen molar-refractivity contribution < 1.29 is 31.5 Å². The minimum absolute atomic E-state index is 0.0516. The van der Waals surface area contributed by atoms with E-state index in [9.17, 15) is 22.0 Å². The monoisotopic (exact) mass is 455 g/mol. The van der Waals surface area contributed by atoms with Gasteiger partial charge >= 0.3 is 0 Å². The van der Waals surface area contributed by atoms with Crippen LogP contribution in [-0.4, -0.2) is 70.5 Å². The van der Waals surface area contributed by atoms with Crippen LogP contribution in [-0.2, 0) is 14.8 Å². The number of piperazine rings is 1. The van der Waals surface area contributed by atoms with Gasteiger partial charge in [0.1, 0.15) is 16.5 Å². The molecular formula is C20H23F2N3O5S. The lowest BCUT2D eigenvalue weighted by Crippen LogP contribution is -2.50. The lowest BCUT2D eigenvalue weighted by Gasteiger charge is -2.33. The number of nitrogens with zero attached hydrogens (tertiary/aromatic N) is 2. The minimum atomic E-state index is -4.09. The predicted octanol–water partition coefficient (Wildman–Crippen LogP) is 1.93. The van der Waals surface area contributed by atoms with E-state index < -0.39 is 26.6 Å². The molecule has 1 N–H and O–H groups in total. The van der Waals surface area contributed by atoms with Crippen molar-refractivity contribution in [3.05, 3.63) is 48.0 Å². The second kappa shape index (κ2) is 9.58. The maximum absolute atomic E-state index is 14.5. The van der Waals surface area contributed by atoms with Crippen LogP contribution in [0.2, 0.25) is 0 Å². The zero-order valence-electron chi connectivity index (χ0n) is 17.1. The molecule has 31 heavy (non-hydrogen) atoms. The summed E-state index contributed by atoms with van der Waals surface area (Å²) in [6, 6.07) is 7.47. The number of halogens is 2. The average molecular weight is 455 g/mol. The Morgan fingerprint density at radius 2 is 1.58 bits per heavy atom. The van der Waals surface area contributed by atoms with Gasteiger partial charge in [-0.15, -0.1) is 0 Å². The molecule has 1 fully saturated rings. The van der Waals surface area contributed by atoms with Crippen LogP contribution in [0.5, 0.6) is 11.5 Å². The smallest absolute Gasteiger partial charge is 0.246 e. The van der Waals surface area contributed by atoms with Gasteiger partial charge in [0.2, 0.25) is 15.9 Å². The van der Waals surface area contributed by atoms with Crippen molar-refractivity contribution in [1.29, 1.82) is 0 Å². The van der Waals surface area contributed by atoms with Crippen LogP contribution >= 0.6 is 0 Å². The van der Waals surface area contributed by atoms with Gasteiger partial charge in [-0.2, -0.15) is 4.31 Å². The number of benzene rings is 2. The summed E-state index contributed by atoms with van der Waals surface area (Å²) in [6.07, 6.45) is 0. The third-order valence-electron chi connectivity index (χ3n) is 4.88. The molecule has 0 spiro atoms. The molecule has 168 valence electrons. The predicted molar refractivity (Wildman–Crippen MR) is 110 cm³/mol. The van der Waals surface area contributed by atoms with E-state index in [-0.39, 0.29) is 37.0 Å². The van der Waals surface area contributed by atoms with Gasteiger partial charge in [0, 0.05) is 44.0 Å². The van der Waals surface area contributed by atoms with Crippen LogP contribution in [0.25, 0.3) is 0 Å². The van der Waals surface area contributed by atoms with Crippen molar-refractivity contribution in [2.24, 2.45) is 0 Å². The summed E-state index contributed by atoms with van der Waals surface area (Å²) < 4.78 is 64.5. The van der Waals surface area contributed by atoms with E-state index >= 15 is 0 Å². The molecule has 0 atom stereocenters. The minimum Gasteiger partial charge on any atom is -0.493 e. The van der Waals surface area contributed by atoms with Crippen molar-refractivity contribution in [2.75, 3.05) is 52.3 Å². The average Bonchev–Trinajstić information content (AvgIpc) is 2.75. The van der Waals surface area contributed by atoms with Gasteiger partial charge in [0.15, 0.2) is 11.5 Å². The molecule has 1 heterocycles. The molecule has 1 amide bonds. The molecule has 0 aromatic heterocycles. The first-order valence-electron chi connectivity index (χ1n) is 9.44. The number of ether oxygens (including phenoxy) is 2. The number of rotatable bonds is 7. The molecule has 0 aliphatic carbocycles. The fourth-order valence-corrected chi connectivity index (χ4v) is 4.72. The first kappa shape index (κ1) is 22.9. The quantitative estimate of drug-likeness (QED) is 0.687. The maximum Gasteiger partial charge on any atom is 0.246 e. The molecule has 2 aromatic carbocycles. The second-order valence-corrected chi connectivity index (χ2v) is 8.78. The summed E-state index contributed by atoms with van der Waals surface area (Å²) in [4.78, 5) is 13.5. The van der Waals surface area contributed by atoms with Crippen molar-refractivity contribution in [3.8, 4) is 11.5 Å². The summed E-state index contributed by atoms with van der Waals surface area (Å²) in [7, 11) is -1.43. The SMILES string of the molecule is COc1cc(F)c(S(=O)(=O)N2CCN(CC(=O)Nc3ccc(F)cc3)CC2)cc1OC. The molecule has 3 rings (SSSR count). The summed E-state index contributed by atoms with van der Waals surface area (Å²) in [6.45, 7) is 0.839. The Labute approximate surface area is 179 Å². The Hall–Kier alpha value is -2.76. The number of amides is 1. The molecule has 11 heteroatoms. The van der Waals surface area contributed by atoms with Crippen LogP contribution in [0.4, 0.5) is 14.5 Å². The topological polar surface area (TPSA) is 88.2 Å². The first-order valence-corrected chi connectivity index (χ1v) is 10.9. The van der Waals surface area contributed by atoms with Crippen LogP contribution in [0.15, 0.2) is 41.3 Å². The third-order valence-corrected chi connectivity index (χ3v) is 6.80. The summed E-state index contributed by atoms with van der Waals surface area (Å²) >= 11 is 0. The number of methoxy groups -OCH3 is 2. The van der Waals surface area contributed by atoms with Crippen LogP contribution < -0.4 is 14.8 Å². The largest absolute Gasteiger partial charge is 0.493 e. The van der Waals surface area contributed by atoms with Crippen molar-refractivity contribution in [3.63, 3.8) is 0 Å². The Bertz CT molecular complexity index is 1040. The number of carbonyl (C=O) groups excluding carboxylic acids is 1. The fourth-order valence-electron chi connectivity index (χ4n) is 3.24. The van der Waals surface area contributed by atoms with Crippen molar-refractivity contribution >= 4 is 21.6 Å². The summed E-state index contributed by atoms with van der Waals surface area (Å²) in [5, 5.41) is 2.66. The molecule has 0 radical (unpaired) electrons. The molecule has 8 nitrogen and oxygen atoms in total. The van der Waals surface area contributed by atoms with Gasteiger partial charge < -0.3 is 14.8 Å². The Morgan fingerprint density at radius 1 is 1.00 bits per heavy atom. The lowest BCUT2D eigenvalue weighted by molar-refractivity contribution is -0.117. The lowest BCUT2D eigenvalue weighted by atomic mass is 10.3. The van der Waals surface area contributed by atoms with E-state index in [2.05, 4.69) is 5.32 Å². The first-order chi connectivity index (χ1) is 14.7. The molecule has 0 bridgehead atoms. The molecule has 1 saturated heterocycles. The van der Waals surface area contributed by atoms with Gasteiger partial charge in [-0.1, -0.05) is 0 Å². The van der Waals surface area contributed by atoms with E-state index in [1.54, 1.807) is 4.90 Å². The van der Waals surface area contributed by atoms with Crippen molar-refractivity contribution in [2.45, 2.75) is 4.90 Å². The van der Waals surface area contributed by atoms with E-state index in [1.807, 2.05) is 0 Å². The Kier molecular flexibility index (Phi) is 7.08. The van der Waals surface area contributed by atoms with E-state index in [0.717, 1.165) is 12.1 Å². The Balaban J connectivity index is 1.62. The zero-order chi connectivity index (χ0) is 22.6. The van der Waals surface area contributed by atoms with E-state index in [1.165, 1.54) is 42.8 Å². The molecule has 0 saturated carbocycles. The van der Waals surface area contributed by atoms with Crippen LogP contribution in [0.3, 0.4) is 0 Å². The van der Waals surface area contributed by atoms with Gasteiger partial charge in [-0.25, -0.2) is 17.2 Å². The zero-order valence-corrected chi connectivity index (χ0v) is 17.9. The molecule has 0 unspecified atom stereocenters. The van der Waals surface area contributed by atoms with Gasteiger partial charge in [-0.05, 0) is 24.3 Å². The third kappa shape index (κ3) is 5.30. The van der Waals surface area contributed by atoms with Crippen LogP contribution in [0, 0.1) is 11.6 Å². The molecule has 1 aliphatic heterocycles. The fraction of sp³-hybridized carbons (Fsp3) is 0.350. The van der Waals surface area contributed by atoms with Gasteiger partial charge in [0.05, 0.1) is 20.8 Å². The molecular weight excluding hydrogens is 432 g/mol. The van der Waals surface area contributed by atoms with Gasteiger partial charge in [-0.3, -0.25) is 9.69 Å². The number of hydrogen-bond donors (Lipinski definition) is 1. The number of sulfonamides is 1. The number of hydrogen-bond acceptors (Lipinski definition) is 6. The normalized spacial score (nSPS) is 15.5. The van der Waals surface area contributed by atoms with E-state index in [0.29, 0.717) is 18.8 Å². The summed E-state index contributed by atoms with van der Waals surface area (Å²) in [5.74, 6) is -1.43. The standard InChI is InChI=1S/C20H23F2N3O5S/c1-29-17-11-16(22)19(12-18(17)30-2)31(27,28)25-9-7-24(8-10-25)13-20(26)23-15-5-3-14(21)4-6-15/h3-6,11-12H,7-10,13H2,1-2H3,(H,23,26). The highest BCUT2D eigenvalue weighted by Gasteiger charge is 2.32. The highest BCUT2D eigenvalue weighted by Crippen LogP contribution is 2.33. The number of nitrogens with one attached hydrogen (secondary N) is 1. The molecule has 1 aliphatic rings. The number of carbonyl (C=O) groups is 1. The van der Waals surface area contributed by atoms with Crippen molar-refractivity contribution in [1.82, 2.24) is 9.21 Å². The summed E-state index contributed by atoms with van der Waals surface area (Å²) in [5.41, 5.74) is 0.469. The highest BCUT2D eigenvalue weighted by atomic mass is 32.2. The van der Waals surface area contributed by atoms with Crippen LogP contribution in [0.1, 0.15) is 0 Å². The van der Waals surface area contributed by atoms with E-state index in [4.69, 9.17) is 9.47 Å². The maximum atomic E-state index is 14.5. The molecule has 2 aromatic rings. The highest BCUT2D eigenvalue weighted by molar-refractivity contribution is 7.89. The number of anilines is 1. The second-order valence-electron chi connectivity index (χ2n) is 6.87. The Morgan fingerprint density at radius 3 is 2.16 bits per heavy atom. The van der Waals surface area contributed by atoms with Gasteiger partial charge in [0.25, 0.3) is 0 Å².